The van der Waals surface area contributed by atoms with Crippen molar-refractivity contribution in [3.05, 3.63) is 0 Å². The first kappa shape index (κ1) is 11.9. The van der Waals surface area contributed by atoms with Crippen molar-refractivity contribution in [2.45, 2.75) is 12.5 Å². The van der Waals surface area contributed by atoms with Gasteiger partial charge in [0.15, 0.2) is 0 Å². The SMILES string of the molecule is N[C@H](CCS)C(=O)OC(=O)C(=O)O. The van der Waals surface area contributed by atoms with E-state index in [0.29, 0.717) is 5.75 Å². The summed E-state index contributed by atoms with van der Waals surface area (Å²) in [5, 5.41) is 8.06. The van der Waals surface area contributed by atoms with Gasteiger partial charge >= 0.3 is 17.9 Å². The summed E-state index contributed by atoms with van der Waals surface area (Å²) < 4.78 is 3.89. The third-order valence-electron chi connectivity index (χ3n) is 1.11. The lowest BCUT2D eigenvalue weighted by Gasteiger charge is -2.06. The number of hydrogen-bond acceptors (Lipinski definition) is 6. The molecule has 0 amide bonds. The second-order valence-corrected chi connectivity index (χ2v) is 2.58. The van der Waals surface area contributed by atoms with Crippen LogP contribution < -0.4 is 5.73 Å². The monoisotopic (exact) mass is 207 g/mol. The van der Waals surface area contributed by atoms with E-state index in [1.165, 1.54) is 0 Å². The smallest absolute Gasteiger partial charge is 0.424 e. The van der Waals surface area contributed by atoms with E-state index in [0.717, 1.165) is 0 Å². The molecule has 0 saturated heterocycles. The summed E-state index contributed by atoms with van der Waals surface area (Å²) in [5.41, 5.74) is 5.21. The minimum atomic E-state index is -1.83. The predicted octanol–water partition coefficient (Wildman–Crippen LogP) is -1.21. The molecule has 3 N–H and O–H groups in total. The van der Waals surface area contributed by atoms with Crippen molar-refractivity contribution in [1.29, 1.82) is 0 Å². The van der Waals surface area contributed by atoms with Gasteiger partial charge in [-0.1, -0.05) is 0 Å². The first-order chi connectivity index (χ1) is 5.99. The van der Waals surface area contributed by atoms with Crippen LogP contribution in [0.2, 0.25) is 0 Å². The molecular formula is C6H9NO5S. The van der Waals surface area contributed by atoms with E-state index in [2.05, 4.69) is 17.4 Å². The van der Waals surface area contributed by atoms with Crippen LogP contribution in [0.1, 0.15) is 6.42 Å². The minimum absolute atomic E-state index is 0.217. The molecule has 0 fully saturated rings. The number of hydrogen-bond donors (Lipinski definition) is 3. The molecular weight excluding hydrogens is 198 g/mol. The van der Waals surface area contributed by atoms with Gasteiger partial charge in [-0.05, 0) is 12.2 Å². The molecule has 0 aromatic rings. The van der Waals surface area contributed by atoms with Crippen LogP contribution in [-0.4, -0.2) is 34.8 Å². The lowest BCUT2D eigenvalue weighted by atomic mass is 10.2. The topological polar surface area (TPSA) is 107 Å². The largest absolute Gasteiger partial charge is 0.473 e. The number of carbonyl (C=O) groups is 3. The van der Waals surface area contributed by atoms with E-state index in [1.54, 1.807) is 0 Å². The number of ether oxygens (including phenoxy) is 1. The molecule has 0 aromatic heterocycles. The molecule has 7 heteroatoms. The Morgan fingerprint density at radius 3 is 2.38 bits per heavy atom. The Balaban J connectivity index is 4.00. The zero-order valence-corrected chi connectivity index (χ0v) is 7.49. The van der Waals surface area contributed by atoms with Gasteiger partial charge in [-0.15, -0.1) is 0 Å². The average Bonchev–Trinajstić information content (AvgIpc) is 2.04. The van der Waals surface area contributed by atoms with E-state index in [-0.39, 0.29) is 6.42 Å². The van der Waals surface area contributed by atoms with Gasteiger partial charge in [-0.25, -0.2) is 14.4 Å². The van der Waals surface area contributed by atoms with Gasteiger partial charge in [0.2, 0.25) is 0 Å². The van der Waals surface area contributed by atoms with Crippen molar-refractivity contribution in [2.24, 2.45) is 5.73 Å². The normalized spacial score (nSPS) is 11.8. The van der Waals surface area contributed by atoms with Crippen LogP contribution >= 0.6 is 12.6 Å². The maximum absolute atomic E-state index is 10.8. The average molecular weight is 207 g/mol. The van der Waals surface area contributed by atoms with Crippen LogP contribution in [0.3, 0.4) is 0 Å². The van der Waals surface area contributed by atoms with Gasteiger partial charge in [0.25, 0.3) is 0 Å². The Labute approximate surface area is 79.5 Å². The second kappa shape index (κ2) is 5.55. The molecule has 0 aliphatic carbocycles. The number of carbonyl (C=O) groups excluding carboxylic acids is 2. The molecule has 0 spiro atoms. The number of thiol groups is 1. The molecule has 13 heavy (non-hydrogen) atoms. The van der Waals surface area contributed by atoms with E-state index in [9.17, 15) is 14.4 Å². The Morgan fingerprint density at radius 1 is 1.46 bits per heavy atom. The fourth-order valence-corrected chi connectivity index (χ4v) is 0.746. The summed E-state index contributed by atoms with van der Waals surface area (Å²) in [6.45, 7) is 0. The van der Waals surface area contributed by atoms with Crippen molar-refractivity contribution in [2.75, 3.05) is 5.75 Å². The highest BCUT2D eigenvalue weighted by atomic mass is 32.1. The fourth-order valence-electron chi connectivity index (χ4n) is 0.468. The van der Waals surface area contributed by atoms with Crippen LogP contribution in [-0.2, 0) is 19.1 Å². The van der Waals surface area contributed by atoms with Gasteiger partial charge in [-0.2, -0.15) is 12.6 Å². The number of esters is 2. The maximum atomic E-state index is 10.8. The molecule has 0 aliphatic rings. The molecule has 74 valence electrons. The number of rotatable bonds is 3. The predicted molar refractivity (Wildman–Crippen MR) is 45.2 cm³/mol. The quantitative estimate of drug-likeness (QED) is 0.232. The molecule has 6 nitrogen and oxygen atoms in total. The lowest BCUT2D eigenvalue weighted by molar-refractivity contribution is -0.171. The van der Waals surface area contributed by atoms with Crippen LogP contribution in [0.25, 0.3) is 0 Å². The minimum Gasteiger partial charge on any atom is -0.473 e. The highest BCUT2D eigenvalue weighted by molar-refractivity contribution is 7.80. The third-order valence-corrected chi connectivity index (χ3v) is 1.37. The van der Waals surface area contributed by atoms with Gasteiger partial charge in [0.1, 0.15) is 6.04 Å². The van der Waals surface area contributed by atoms with E-state index >= 15 is 0 Å². The summed E-state index contributed by atoms with van der Waals surface area (Å²) in [5.74, 6) is -4.16. The van der Waals surface area contributed by atoms with Crippen LogP contribution in [0.5, 0.6) is 0 Å². The Morgan fingerprint density at radius 2 is 2.00 bits per heavy atom. The molecule has 0 aliphatic heterocycles. The van der Waals surface area contributed by atoms with Crippen molar-refractivity contribution >= 4 is 30.5 Å². The fraction of sp³-hybridized carbons (Fsp3) is 0.500. The first-order valence-electron chi connectivity index (χ1n) is 3.34. The Kier molecular flexibility index (Phi) is 5.09. The first-order valence-corrected chi connectivity index (χ1v) is 3.97. The van der Waals surface area contributed by atoms with E-state index < -0.39 is 23.9 Å². The zero-order chi connectivity index (χ0) is 10.4. The Bertz CT molecular complexity index is 229. The molecule has 0 saturated carbocycles. The molecule has 0 rings (SSSR count). The summed E-state index contributed by atoms with van der Waals surface area (Å²) in [4.78, 5) is 31.1. The van der Waals surface area contributed by atoms with E-state index in [4.69, 9.17) is 10.8 Å². The summed E-state index contributed by atoms with van der Waals surface area (Å²) >= 11 is 3.80. The highest BCUT2D eigenvalue weighted by Gasteiger charge is 2.22. The number of nitrogens with two attached hydrogens (primary N) is 1. The molecule has 0 aromatic carbocycles. The van der Waals surface area contributed by atoms with Crippen molar-refractivity contribution in [3.63, 3.8) is 0 Å². The summed E-state index contributed by atoms with van der Waals surface area (Å²) in [6.07, 6.45) is 0.217. The van der Waals surface area contributed by atoms with Gasteiger partial charge in [0.05, 0.1) is 0 Å². The molecule has 1 atom stereocenters. The van der Waals surface area contributed by atoms with Crippen LogP contribution in [0.4, 0.5) is 0 Å². The van der Waals surface area contributed by atoms with Crippen molar-refractivity contribution in [1.82, 2.24) is 0 Å². The van der Waals surface area contributed by atoms with Crippen molar-refractivity contribution in [3.8, 4) is 0 Å². The molecule has 0 unspecified atom stereocenters. The molecule has 0 heterocycles. The highest BCUT2D eigenvalue weighted by Crippen LogP contribution is 1.94. The molecule has 0 bridgehead atoms. The Hall–Kier alpha value is -1.08. The van der Waals surface area contributed by atoms with Gasteiger partial charge in [-0.3, -0.25) is 0 Å². The summed E-state index contributed by atoms with van der Waals surface area (Å²) in [7, 11) is 0. The zero-order valence-electron chi connectivity index (χ0n) is 6.60. The third kappa shape index (κ3) is 4.48. The maximum Gasteiger partial charge on any atom is 0.424 e. The van der Waals surface area contributed by atoms with Crippen LogP contribution in [0, 0.1) is 0 Å². The second-order valence-electron chi connectivity index (χ2n) is 2.13. The number of carboxylic acid groups (broad SMARTS) is 1. The van der Waals surface area contributed by atoms with Crippen LogP contribution in [0.15, 0.2) is 0 Å². The summed E-state index contributed by atoms with van der Waals surface area (Å²) in [6, 6.07) is -1.01. The standard InChI is InChI=1S/C6H9NO5S/c7-3(1-2-13)5(10)12-6(11)4(8)9/h3,13H,1-2,7H2,(H,8,9)/t3-/m1/s1. The van der Waals surface area contributed by atoms with Crippen molar-refractivity contribution < 1.29 is 24.2 Å². The lowest BCUT2D eigenvalue weighted by Crippen LogP contribution is -2.35. The van der Waals surface area contributed by atoms with Gasteiger partial charge in [0, 0.05) is 0 Å². The van der Waals surface area contributed by atoms with E-state index in [1.807, 2.05) is 0 Å². The molecule has 0 radical (unpaired) electrons. The number of carboxylic acids is 1. The van der Waals surface area contributed by atoms with Gasteiger partial charge < -0.3 is 15.6 Å². The number of aliphatic carboxylic acids is 1.